The first kappa shape index (κ1) is 21.7. The third-order valence-corrected chi connectivity index (χ3v) is 6.18. The van der Waals surface area contributed by atoms with E-state index in [4.69, 9.17) is 4.74 Å². The van der Waals surface area contributed by atoms with Gasteiger partial charge in [-0.3, -0.25) is 0 Å². The minimum atomic E-state index is -0.101. The zero-order chi connectivity index (χ0) is 21.0. The Hall–Kier alpha value is -1.99. The lowest BCUT2D eigenvalue weighted by Gasteiger charge is -2.48. The second-order valence-electron chi connectivity index (χ2n) is 8.78. The molecule has 162 valence electrons. The Balaban J connectivity index is 1.82. The van der Waals surface area contributed by atoms with E-state index in [-0.39, 0.29) is 43.8 Å². The molecule has 3 saturated heterocycles. The molecule has 2 N–H and O–H groups in total. The van der Waals surface area contributed by atoms with Gasteiger partial charge < -0.3 is 29.6 Å². The molecule has 0 aliphatic carbocycles. The van der Waals surface area contributed by atoms with Gasteiger partial charge in [0.1, 0.15) is 5.75 Å². The van der Waals surface area contributed by atoms with Crippen molar-refractivity contribution >= 4 is 11.7 Å². The van der Waals surface area contributed by atoms with Gasteiger partial charge in [0.2, 0.25) is 0 Å². The molecule has 0 saturated carbocycles. The Morgan fingerprint density at radius 2 is 1.79 bits per heavy atom. The summed E-state index contributed by atoms with van der Waals surface area (Å²) in [5.41, 5.74) is 1.24. The van der Waals surface area contributed by atoms with Crippen molar-refractivity contribution in [2.45, 2.75) is 33.2 Å². The van der Waals surface area contributed by atoms with Gasteiger partial charge >= 0.3 is 6.03 Å². The number of hydrogen-bond donors (Lipinski definition) is 2. The van der Waals surface area contributed by atoms with E-state index in [1.54, 1.807) is 4.90 Å². The summed E-state index contributed by atoms with van der Waals surface area (Å²) in [6, 6.07) is 8.35. The molecule has 3 fully saturated rings. The number of hydrogen-bond acceptors (Lipinski definition) is 5. The van der Waals surface area contributed by atoms with Crippen LogP contribution in [0.1, 0.15) is 27.2 Å². The van der Waals surface area contributed by atoms with E-state index in [1.807, 2.05) is 24.0 Å². The van der Waals surface area contributed by atoms with Gasteiger partial charge in [0.15, 0.2) is 0 Å². The summed E-state index contributed by atoms with van der Waals surface area (Å²) < 4.78 is 5.58. The van der Waals surface area contributed by atoms with Gasteiger partial charge in [-0.15, -0.1) is 0 Å². The molecule has 1 unspecified atom stereocenters. The number of amides is 2. The summed E-state index contributed by atoms with van der Waals surface area (Å²) >= 11 is 0. The van der Waals surface area contributed by atoms with Crippen molar-refractivity contribution in [1.29, 1.82) is 0 Å². The first-order valence-corrected chi connectivity index (χ1v) is 10.6. The predicted octanol–water partition coefficient (Wildman–Crippen LogP) is 2.03. The first-order chi connectivity index (χ1) is 13.9. The van der Waals surface area contributed by atoms with E-state index < -0.39 is 0 Å². The Kier molecular flexibility index (Phi) is 6.90. The van der Waals surface area contributed by atoms with Crippen molar-refractivity contribution in [2.75, 3.05) is 57.4 Å². The van der Waals surface area contributed by atoms with Gasteiger partial charge in [0.25, 0.3) is 0 Å². The lowest BCUT2D eigenvalue weighted by atomic mass is 9.73. The third-order valence-electron chi connectivity index (χ3n) is 6.18. The summed E-state index contributed by atoms with van der Waals surface area (Å²) in [6.45, 7) is 9.77. The first-order valence-electron chi connectivity index (χ1n) is 10.6. The monoisotopic (exact) mass is 405 g/mol. The molecule has 29 heavy (non-hydrogen) atoms. The highest BCUT2D eigenvalue weighted by atomic mass is 16.5. The van der Waals surface area contributed by atoms with Gasteiger partial charge in [-0.05, 0) is 48.9 Å². The van der Waals surface area contributed by atoms with Crippen LogP contribution in [0, 0.1) is 11.3 Å². The molecular formula is C22H35N3O4. The Bertz CT molecular complexity index is 673. The lowest BCUT2D eigenvalue weighted by molar-refractivity contribution is 0.124. The summed E-state index contributed by atoms with van der Waals surface area (Å²) in [4.78, 5) is 19.0. The highest BCUT2D eigenvalue weighted by molar-refractivity contribution is 5.75. The lowest BCUT2D eigenvalue weighted by Crippen LogP contribution is -2.54. The van der Waals surface area contributed by atoms with Crippen LogP contribution in [0.25, 0.3) is 0 Å². The molecule has 0 radical (unpaired) electrons. The summed E-state index contributed by atoms with van der Waals surface area (Å²) in [7, 11) is 0. The molecule has 3 aliphatic heterocycles. The molecule has 0 aromatic heterocycles. The van der Waals surface area contributed by atoms with Crippen molar-refractivity contribution in [3.8, 4) is 5.75 Å². The predicted molar refractivity (Wildman–Crippen MR) is 113 cm³/mol. The van der Waals surface area contributed by atoms with Crippen molar-refractivity contribution < 1.29 is 19.7 Å². The number of carbonyl (C=O) groups is 1. The number of piperidine rings is 1. The third kappa shape index (κ3) is 4.78. The Morgan fingerprint density at radius 1 is 1.14 bits per heavy atom. The fourth-order valence-corrected chi connectivity index (χ4v) is 4.92. The van der Waals surface area contributed by atoms with E-state index in [2.05, 4.69) is 30.9 Å². The number of rotatable bonds is 7. The van der Waals surface area contributed by atoms with E-state index >= 15 is 0 Å². The van der Waals surface area contributed by atoms with Crippen LogP contribution in [-0.2, 0) is 0 Å². The Morgan fingerprint density at radius 3 is 2.38 bits per heavy atom. The number of nitrogens with zero attached hydrogens (tertiary/aromatic N) is 3. The second-order valence-corrected chi connectivity index (χ2v) is 8.78. The maximum absolute atomic E-state index is 13.1. The van der Waals surface area contributed by atoms with Crippen molar-refractivity contribution in [3.05, 3.63) is 24.3 Å². The highest BCUT2D eigenvalue weighted by Gasteiger charge is 2.47. The van der Waals surface area contributed by atoms with Gasteiger partial charge in [-0.1, -0.05) is 13.8 Å². The molecule has 2 bridgehead atoms. The molecule has 4 rings (SSSR count). The van der Waals surface area contributed by atoms with Crippen LogP contribution in [0.2, 0.25) is 0 Å². The minimum Gasteiger partial charge on any atom is -0.494 e. The number of aliphatic hydroxyl groups is 2. The molecule has 2 amide bonds. The fourth-order valence-electron chi connectivity index (χ4n) is 4.92. The van der Waals surface area contributed by atoms with Crippen LogP contribution < -0.4 is 9.64 Å². The molecule has 1 aromatic rings. The molecule has 7 nitrogen and oxygen atoms in total. The molecule has 3 heterocycles. The highest BCUT2D eigenvalue weighted by Crippen LogP contribution is 2.43. The number of fused-ring (bicyclic) bond motifs is 4. The van der Waals surface area contributed by atoms with E-state index in [0.717, 1.165) is 24.4 Å². The normalized spacial score (nSPS) is 23.1. The minimum absolute atomic E-state index is 0.0787. The molecule has 3 aliphatic rings. The van der Waals surface area contributed by atoms with E-state index in [9.17, 15) is 15.0 Å². The number of anilines is 1. The fraction of sp³-hybridized carbons (Fsp3) is 0.682. The number of benzene rings is 1. The van der Waals surface area contributed by atoms with Crippen molar-refractivity contribution in [2.24, 2.45) is 11.3 Å². The number of aliphatic hydroxyl groups excluding tert-OH is 2. The van der Waals surface area contributed by atoms with Gasteiger partial charge in [0, 0.05) is 38.4 Å². The van der Waals surface area contributed by atoms with E-state index in [1.165, 1.54) is 0 Å². The number of urea groups is 1. The second kappa shape index (κ2) is 9.22. The summed E-state index contributed by atoms with van der Waals surface area (Å²) in [5, 5.41) is 18.6. The molecule has 2 atom stereocenters. The number of carbonyl (C=O) groups excluding carboxylic acids is 1. The SMILES string of the molecule is CCOc1ccc(N2C[C@H]3CN(C(=O)N(CCO)CCO)CC2C(C)(C)C3)cc1. The topological polar surface area (TPSA) is 76.5 Å². The molecule has 0 spiro atoms. The van der Waals surface area contributed by atoms with E-state index in [0.29, 0.717) is 25.6 Å². The van der Waals surface area contributed by atoms with Gasteiger partial charge in [-0.2, -0.15) is 0 Å². The summed E-state index contributed by atoms with van der Waals surface area (Å²) in [6.07, 6.45) is 1.08. The molecule has 1 aromatic carbocycles. The van der Waals surface area contributed by atoms with Crippen LogP contribution in [0.15, 0.2) is 24.3 Å². The standard InChI is InChI=1S/C22H35N3O4/c1-4-29-19-7-5-18(6-8-19)25-15-17-13-22(2,3)20(25)16-24(14-17)21(28)23(9-11-26)10-12-27/h5-8,17,20,26-27H,4,9-16H2,1-3H3/t17-,20?/m1/s1. The maximum Gasteiger partial charge on any atom is 0.320 e. The van der Waals surface area contributed by atoms with Gasteiger partial charge in [0.05, 0.1) is 25.9 Å². The van der Waals surface area contributed by atoms with Gasteiger partial charge in [-0.25, -0.2) is 4.79 Å². The molecule has 7 heteroatoms. The van der Waals surface area contributed by atoms with Crippen LogP contribution in [0.4, 0.5) is 10.5 Å². The average Bonchev–Trinajstić information content (AvgIpc) is 2.95. The molecular weight excluding hydrogens is 370 g/mol. The van der Waals surface area contributed by atoms with Crippen LogP contribution in [0.5, 0.6) is 5.75 Å². The largest absolute Gasteiger partial charge is 0.494 e. The average molecular weight is 406 g/mol. The zero-order valence-corrected chi connectivity index (χ0v) is 17.9. The van der Waals surface area contributed by atoms with Crippen LogP contribution >= 0.6 is 0 Å². The van der Waals surface area contributed by atoms with Crippen molar-refractivity contribution in [3.63, 3.8) is 0 Å². The van der Waals surface area contributed by atoms with Crippen LogP contribution in [-0.4, -0.2) is 84.6 Å². The zero-order valence-electron chi connectivity index (χ0n) is 17.9. The van der Waals surface area contributed by atoms with Crippen molar-refractivity contribution in [1.82, 2.24) is 9.80 Å². The Labute approximate surface area is 173 Å². The number of ether oxygens (including phenoxy) is 1. The summed E-state index contributed by atoms with van der Waals surface area (Å²) in [5.74, 6) is 1.25. The maximum atomic E-state index is 13.1. The smallest absolute Gasteiger partial charge is 0.320 e. The van der Waals surface area contributed by atoms with Crippen LogP contribution in [0.3, 0.4) is 0 Å². The quantitative estimate of drug-likeness (QED) is 0.726.